The van der Waals surface area contributed by atoms with Crippen molar-refractivity contribution in [1.29, 1.82) is 0 Å². The van der Waals surface area contributed by atoms with E-state index in [-0.39, 0.29) is 24.0 Å². The van der Waals surface area contributed by atoms with Crippen LogP contribution in [0.5, 0.6) is 11.5 Å². The van der Waals surface area contributed by atoms with Crippen molar-refractivity contribution in [2.45, 2.75) is 53.0 Å². The Bertz CT molecular complexity index is 780. The van der Waals surface area contributed by atoms with Crippen LogP contribution in [-0.2, 0) is 13.0 Å². The first-order chi connectivity index (χ1) is 14.1. The highest BCUT2D eigenvalue weighted by atomic mass is 127. The Morgan fingerprint density at radius 1 is 1.20 bits per heavy atom. The van der Waals surface area contributed by atoms with E-state index in [1.165, 1.54) is 10.6 Å². The number of thiazole rings is 1. The molecule has 0 amide bonds. The quantitative estimate of drug-likeness (QED) is 0.180. The number of halogens is 1. The molecule has 8 heteroatoms. The van der Waals surface area contributed by atoms with E-state index in [0.717, 1.165) is 49.1 Å². The van der Waals surface area contributed by atoms with Crippen LogP contribution in [0.2, 0.25) is 0 Å². The van der Waals surface area contributed by atoms with Gasteiger partial charge in [0.1, 0.15) is 0 Å². The number of hydrogen-bond donors (Lipinski definition) is 2. The number of aliphatic imine (C=N–C) groups is 1. The lowest BCUT2D eigenvalue weighted by Gasteiger charge is -2.12. The Labute approximate surface area is 201 Å². The van der Waals surface area contributed by atoms with Crippen LogP contribution >= 0.6 is 35.3 Å². The molecule has 2 N–H and O–H groups in total. The zero-order valence-corrected chi connectivity index (χ0v) is 21.8. The van der Waals surface area contributed by atoms with Gasteiger partial charge in [0.25, 0.3) is 0 Å². The van der Waals surface area contributed by atoms with Gasteiger partial charge in [-0.05, 0) is 44.4 Å². The molecule has 30 heavy (non-hydrogen) atoms. The molecule has 0 unspecified atom stereocenters. The van der Waals surface area contributed by atoms with Crippen LogP contribution in [0.15, 0.2) is 28.6 Å². The van der Waals surface area contributed by atoms with Crippen molar-refractivity contribution < 1.29 is 9.47 Å². The molecule has 0 atom stereocenters. The smallest absolute Gasteiger partial charge is 0.191 e. The highest BCUT2D eigenvalue weighted by Crippen LogP contribution is 2.28. The summed E-state index contributed by atoms with van der Waals surface area (Å²) in [4.78, 5) is 9.31. The second-order valence-corrected chi connectivity index (χ2v) is 7.87. The molecule has 0 spiro atoms. The number of rotatable bonds is 11. The summed E-state index contributed by atoms with van der Waals surface area (Å²) in [6.07, 6.45) is 1.96. The van der Waals surface area contributed by atoms with Crippen LogP contribution in [0.25, 0.3) is 0 Å². The van der Waals surface area contributed by atoms with E-state index < -0.39 is 0 Å². The molecule has 1 aromatic carbocycles. The third-order valence-electron chi connectivity index (χ3n) is 4.27. The van der Waals surface area contributed by atoms with Crippen LogP contribution in [-0.4, -0.2) is 37.7 Å². The summed E-state index contributed by atoms with van der Waals surface area (Å²) >= 11 is 1.71. The summed E-state index contributed by atoms with van der Waals surface area (Å²) in [6.45, 7) is 11.3. The van der Waals surface area contributed by atoms with E-state index in [0.29, 0.717) is 19.1 Å². The van der Waals surface area contributed by atoms with Crippen molar-refractivity contribution in [3.63, 3.8) is 0 Å². The number of ether oxygens (including phenoxy) is 2. The average Bonchev–Trinajstić information content (AvgIpc) is 3.19. The molecule has 0 aliphatic carbocycles. The molecular formula is C22H35IN4O2S. The van der Waals surface area contributed by atoms with Crippen molar-refractivity contribution in [2.24, 2.45) is 4.99 Å². The van der Waals surface area contributed by atoms with Gasteiger partial charge in [-0.2, -0.15) is 0 Å². The number of nitrogens with zero attached hydrogens (tertiary/aromatic N) is 2. The van der Waals surface area contributed by atoms with Gasteiger partial charge >= 0.3 is 0 Å². The van der Waals surface area contributed by atoms with E-state index in [4.69, 9.17) is 9.47 Å². The van der Waals surface area contributed by atoms with E-state index in [2.05, 4.69) is 58.9 Å². The summed E-state index contributed by atoms with van der Waals surface area (Å²) in [5, 5.41) is 9.98. The van der Waals surface area contributed by atoms with Gasteiger partial charge < -0.3 is 20.1 Å². The minimum Gasteiger partial charge on any atom is -0.493 e. The first-order valence-corrected chi connectivity index (χ1v) is 11.2. The predicted molar refractivity (Wildman–Crippen MR) is 137 cm³/mol. The lowest BCUT2D eigenvalue weighted by Crippen LogP contribution is -2.37. The largest absolute Gasteiger partial charge is 0.493 e. The van der Waals surface area contributed by atoms with Gasteiger partial charge in [0.2, 0.25) is 0 Å². The Balaban J connectivity index is 0.00000450. The van der Waals surface area contributed by atoms with Gasteiger partial charge in [0.15, 0.2) is 17.5 Å². The zero-order valence-electron chi connectivity index (χ0n) is 18.7. The number of nitrogens with one attached hydrogen (secondary N) is 2. The molecule has 6 nitrogen and oxygen atoms in total. The molecule has 0 aliphatic rings. The van der Waals surface area contributed by atoms with Crippen LogP contribution in [0.4, 0.5) is 0 Å². The third-order valence-corrected chi connectivity index (χ3v) is 5.46. The molecule has 168 valence electrons. The van der Waals surface area contributed by atoms with Crippen molar-refractivity contribution in [3.8, 4) is 11.5 Å². The van der Waals surface area contributed by atoms with Crippen molar-refractivity contribution in [1.82, 2.24) is 15.6 Å². The summed E-state index contributed by atoms with van der Waals surface area (Å²) < 4.78 is 11.0. The lowest BCUT2D eigenvalue weighted by molar-refractivity contribution is 0.310. The molecule has 0 aliphatic heterocycles. The van der Waals surface area contributed by atoms with Crippen LogP contribution in [0.1, 0.15) is 56.3 Å². The Hall–Kier alpha value is -1.55. The average molecular weight is 547 g/mol. The topological polar surface area (TPSA) is 67.8 Å². The first kappa shape index (κ1) is 26.5. The number of guanidine groups is 1. The van der Waals surface area contributed by atoms with Crippen molar-refractivity contribution in [3.05, 3.63) is 39.8 Å². The van der Waals surface area contributed by atoms with Gasteiger partial charge in [-0.15, -0.1) is 35.3 Å². The fourth-order valence-corrected chi connectivity index (χ4v) is 3.63. The van der Waals surface area contributed by atoms with Gasteiger partial charge in [-0.25, -0.2) is 9.98 Å². The lowest BCUT2D eigenvalue weighted by atomic mass is 10.1. The Morgan fingerprint density at radius 3 is 2.63 bits per heavy atom. The second-order valence-electron chi connectivity index (χ2n) is 6.98. The fraction of sp³-hybridized carbons (Fsp3) is 0.545. The maximum Gasteiger partial charge on any atom is 0.191 e. The number of methoxy groups -OCH3 is 1. The van der Waals surface area contributed by atoms with Crippen LogP contribution < -0.4 is 20.1 Å². The molecular weight excluding hydrogens is 511 g/mol. The molecule has 1 aromatic heterocycles. The zero-order chi connectivity index (χ0) is 21.1. The molecule has 0 radical (unpaired) electrons. The van der Waals surface area contributed by atoms with E-state index in [9.17, 15) is 0 Å². The number of aryl methyl sites for hydroxylation is 1. The molecule has 1 heterocycles. The molecule has 0 saturated heterocycles. The van der Waals surface area contributed by atoms with Gasteiger partial charge in [0, 0.05) is 24.4 Å². The molecule has 0 bridgehead atoms. The maximum atomic E-state index is 5.66. The minimum atomic E-state index is 0. The SMILES string of the molecule is CCNC(=NCc1csc(C(C)C)n1)NCCCc1ccc(OC)c(OCC)c1.I. The number of hydrogen-bond acceptors (Lipinski definition) is 5. The molecule has 2 aromatic rings. The molecule has 0 saturated carbocycles. The predicted octanol–water partition coefficient (Wildman–Crippen LogP) is 4.98. The van der Waals surface area contributed by atoms with Gasteiger partial charge in [0.05, 0.1) is 31.0 Å². The second kappa shape index (κ2) is 14.5. The number of aromatic nitrogens is 1. The van der Waals surface area contributed by atoms with Crippen LogP contribution in [0.3, 0.4) is 0 Å². The monoisotopic (exact) mass is 546 g/mol. The Morgan fingerprint density at radius 2 is 2.00 bits per heavy atom. The summed E-state index contributed by atoms with van der Waals surface area (Å²) in [5.74, 6) is 2.87. The normalized spacial score (nSPS) is 11.2. The van der Waals surface area contributed by atoms with Crippen molar-refractivity contribution >= 4 is 41.3 Å². The van der Waals surface area contributed by atoms with E-state index >= 15 is 0 Å². The molecule has 2 rings (SSSR count). The van der Waals surface area contributed by atoms with Gasteiger partial charge in [-0.3, -0.25) is 0 Å². The van der Waals surface area contributed by atoms with E-state index in [1.807, 2.05) is 13.0 Å². The third kappa shape index (κ3) is 8.67. The maximum absolute atomic E-state index is 5.66. The number of benzene rings is 1. The Kier molecular flexibility index (Phi) is 12.8. The summed E-state index contributed by atoms with van der Waals surface area (Å²) in [6, 6.07) is 6.13. The first-order valence-electron chi connectivity index (χ1n) is 10.3. The molecule has 0 fully saturated rings. The highest BCUT2D eigenvalue weighted by Gasteiger charge is 2.07. The minimum absolute atomic E-state index is 0. The summed E-state index contributed by atoms with van der Waals surface area (Å²) in [5.41, 5.74) is 2.26. The summed E-state index contributed by atoms with van der Waals surface area (Å²) in [7, 11) is 1.66. The van der Waals surface area contributed by atoms with Gasteiger partial charge in [-0.1, -0.05) is 19.9 Å². The highest BCUT2D eigenvalue weighted by molar-refractivity contribution is 14.0. The van der Waals surface area contributed by atoms with Crippen molar-refractivity contribution in [2.75, 3.05) is 26.8 Å². The van der Waals surface area contributed by atoms with E-state index in [1.54, 1.807) is 18.4 Å². The fourth-order valence-electron chi connectivity index (χ4n) is 2.81. The van der Waals surface area contributed by atoms with Crippen LogP contribution in [0, 0.1) is 0 Å². The standard InChI is InChI=1S/C22H34N4O2S.HI/c1-6-23-22(25-14-18-15-29-21(26-18)16(3)4)24-12-8-9-17-10-11-19(27-5)20(13-17)28-7-2;/h10-11,13,15-16H,6-9,12,14H2,1-5H3,(H2,23,24,25);1H.